The maximum Gasteiger partial charge on any atom is 0.336 e. The van der Waals surface area contributed by atoms with Crippen LogP contribution in [0, 0.1) is 13.8 Å². The summed E-state index contributed by atoms with van der Waals surface area (Å²) in [6.07, 6.45) is 0. The molecule has 2 N–H and O–H groups in total. The third-order valence-corrected chi connectivity index (χ3v) is 3.25. The summed E-state index contributed by atoms with van der Waals surface area (Å²) >= 11 is 0. The van der Waals surface area contributed by atoms with Gasteiger partial charge in [-0.25, -0.2) is 9.59 Å². The standard InChI is InChI=1S/C16H14O4/c1-9-4-3-5-13(14(9)16(19)20)11-6-7-12(15(17)18)10(2)8-11/h3-8H,1-2H3,(H,17,18)(H,19,20). The minimum atomic E-state index is -0.989. The lowest BCUT2D eigenvalue weighted by Crippen LogP contribution is -2.04. The van der Waals surface area contributed by atoms with Crippen LogP contribution in [0.3, 0.4) is 0 Å². The normalized spacial score (nSPS) is 10.3. The van der Waals surface area contributed by atoms with Gasteiger partial charge in [0.05, 0.1) is 11.1 Å². The van der Waals surface area contributed by atoms with Crippen molar-refractivity contribution in [3.05, 3.63) is 58.7 Å². The van der Waals surface area contributed by atoms with Gasteiger partial charge in [0.15, 0.2) is 0 Å². The van der Waals surface area contributed by atoms with Crippen molar-refractivity contribution in [3.8, 4) is 11.1 Å². The number of carboxylic acids is 2. The van der Waals surface area contributed by atoms with Gasteiger partial charge in [-0.15, -0.1) is 0 Å². The van der Waals surface area contributed by atoms with Crippen LogP contribution < -0.4 is 0 Å². The van der Waals surface area contributed by atoms with Crippen molar-refractivity contribution in [2.75, 3.05) is 0 Å². The molecule has 2 aromatic rings. The lowest BCUT2D eigenvalue weighted by molar-refractivity contribution is 0.0685. The molecule has 0 aliphatic heterocycles. The van der Waals surface area contributed by atoms with E-state index >= 15 is 0 Å². The fraction of sp³-hybridized carbons (Fsp3) is 0.125. The molecule has 0 heterocycles. The number of rotatable bonds is 3. The molecule has 0 spiro atoms. The van der Waals surface area contributed by atoms with Gasteiger partial charge in [-0.05, 0) is 42.2 Å². The Kier molecular flexibility index (Phi) is 3.57. The van der Waals surface area contributed by atoms with Crippen LogP contribution in [-0.2, 0) is 0 Å². The Hall–Kier alpha value is -2.62. The second-order valence-corrected chi connectivity index (χ2v) is 4.64. The fourth-order valence-corrected chi connectivity index (χ4v) is 2.26. The highest BCUT2D eigenvalue weighted by Gasteiger charge is 2.15. The summed E-state index contributed by atoms with van der Waals surface area (Å²) in [4.78, 5) is 22.4. The Labute approximate surface area is 116 Å². The zero-order valence-corrected chi connectivity index (χ0v) is 11.2. The maximum atomic E-state index is 11.4. The van der Waals surface area contributed by atoms with Crippen molar-refractivity contribution >= 4 is 11.9 Å². The van der Waals surface area contributed by atoms with E-state index in [0.29, 0.717) is 22.3 Å². The first kappa shape index (κ1) is 13.8. The van der Waals surface area contributed by atoms with Gasteiger partial charge in [0.25, 0.3) is 0 Å². The number of aromatic carboxylic acids is 2. The van der Waals surface area contributed by atoms with Crippen LogP contribution in [0.2, 0.25) is 0 Å². The minimum absolute atomic E-state index is 0.221. The Balaban J connectivity index is 2.64. The number of hydrogen-bond donors (Lipinski definition) is 2. The van der Waals surface area contributed by atoms with Gasteiger partial charge in [-0.2, -0.15) is 0 Å². The molecule has 4 nitrogen and oxygen atoms in total. The summed E-state index contributed by atoms with van der Waals surface area (Å²) in [6.45, 7) is 3.44. The summed E-state index contributed by atoms with van der Waals surface area (Å²) in [5.41, 5.74) is 3.04. The van der Waals surface area contributed by atoms with E-state index in [-0.39, 0.29) is 11.1 Å². The summed E-state index contributed by atoms with van der Waals surface area (Å²) in [5.74, 6) is -1.98. The van der Waals surface area contributed by atoms with Gasteiger partial charge >= 0.3 is 11.9 Å². The summed E-state index contributed by atoms with van der Waals surface area (Å²) < 4.78 is 0. The summed E-state index contributed by atoms with van der Waals surface area (Å²) in [5, 5.41) is 18.3. The molecule has 0 saturated heterocycles. The van der Waals surface area contributed by atoms with Gasteiger partial charge < -0.3 is 10.2 Å². The topological polar surface area (TPSA) is 74.6 Å². The number of carbonyl (C=O) groups is 2. The van der Waals surface area contributed by atoms with Gasteiger partial charge in [0, 0.05) is 0 Å². The molecular weight excluding hydrogens is 256 g/mol. The van der Waals surface area contributed by atoms with E-state index in [1.807, 2.05) is 0 Å². The summed E-state index contributed by atoms with van der Waals surface area (Å²) in [7, 11) is 0. The molecule has 20 heavy (non-hydrogen) atoms. The zero-order chi connectivity index (χ0) is 14.9. The quantitative estimate of drug-likeness (QED) is 0.896. The van der Waals surface area contributed by atoms with Crippen LogP contribution in [0.4, 0.5) is 0 Å². The Morgan fingerprint density at radius 2 is 1.60 bits per heavy atom. The van der Waals surface area contributed by atoms with Gasteiger partial charge in [-0.1, -0.05) is 30.3 Å². The third kappa shape index (κ3) is 2.40. The highest BCUT2D eigenvalue weighted by atomic mass is 16.4. The molecule has 0 atom stereocenters. The largest absolute Gasteiger partial charge is 0.478 e. The zero-order valence-electron chi connectivity index (χ0n) is 11.2. The Morgan fingerprint density at radius 1 is 0.900 bits per heavy atom. The van der Waals surface area contributed by atoms with Crippen molar-refractivity contribution in [2.24, 2.45) is 0 Å². The van der Waals surface area contributed by atoms with Gasteiger partial charge in [-0.3, -0.25) is 0 Å². The van der Waals surface area contributed by atoms with Crippen molar-refractivity contribution in [2.45, 2.75) is 13.8 Å². The highest BCUT2D eigenvalue weighted by Crippen LogP contribution is 2.28. The number of benzene rings is 2. The second kappa shape index (κ2) is 5.17. The molecule has 0 unspecified atom stereocenters. The van der Waals surface area contributed by atoms with Crippen molar-refractivity contribution < 1.29 is 19.8 Å². The molecular formula is C16H14O4. The number of aryl methyl sites for hydroxylation is 2. The first-order valence-corrected chi connectivity index (χ1v) is 6.09. The molecule has 0 aliphatic rings. The molecule has 4 heteroatoms. The number of hydrogen-bond acceptors (Lipinski definition) is 2. The molecule has 0 amide bonds. The number of carboxylic acid groups (broad SMARTS) is 2. The molecule has 0 aliphatic carbocycles. The third-order valence-electron chi connectivity index (χ3n) is 3.25. The van der Waals surface area contributed by atoms with E-state index in [2.05, 4.69) is 0 Å². The Bertz CT molecular complexity index is 702. The van der Waals surface area contributed by atoms with Crippen molar-refractivity contribution in [3.63, 3.8) is 0 Å². The smallest absolute Gasteiger partial charge is 0.336 e. The minimum Gasteiger partial charge on any atom is -0.478 e. The first-order valence-electron chi connectivity index (χ1n) is 6.09. The van der Waals surface area contributed by atoms with Gasteiger partial charge in [0.2, 0.25) is 0 Å². The molecule has 0 saturated carbocycles. The van der Waals surface area contributed by atoms with Crippen molar-refractivity contribution in [1.29, 1.82) is 0 Å². The first-order chi connectivity index (χ1) is 9.41. The average molecular weight is 270 g/mol. The van der Waals surface area contributed by atoms with Crippen LogP contribution >= 0.6 is 0 Å². The van der Waals surface area contributed by atoms with E-state index in [1.54, 1.807) is 44.2 Å². The predicted octanol–water partition coefficient (Wildman–Crippen LogP) is 3.37. The van der Waals surface area contributed by atoms with E-state index in [1.165, 1.54) is 6.07 Å². The van der Waals surface area contributed by atoms with Crippen LogP contribution in [0.5, 0.6) is 0 Å². The molecule has 0 bridgehead atoms. The van der Waals surface area contributed by atoms with Crippen molar-refractivity contribution in [1.82, 2.24) is 0 Å². The van der Waals surface area contributed by atoms with E-state index in [9.17, 15) is 14.7 Å². The fourth-order valence-electron chi connectivity index (χ4n) is 2.26. The predicted molar refractivity (Wildman–Crippen MR) is 75.3 cm³/mol. The average Bonchev–Trinajstić information content (AvgIpc) is 2.37. The lowest BCUT2D eigenvalue weighted by Gasteiger charge is -2.11. The SMILES string of the molecule is Cc1cc(-c2cccc(C)c2C(=O)O)ccc1C(=O)O. The van der Waals surface area contributed by atoms with Gasteiger partial charge in [0.1, 0.15) is 0 Å². The second-order valence-electron chi connectivity index (χ2n) is 4.64. The van der Waals surface area contributed by atoms with Crippen LogP contribution in [-0.4, -0.2) is 22.2 Å². The van der Waals surface area contributed by atoms with E-state index < -0.39 is 11.9 Å². The summed E-state index contributed by atoms with van der Waals surface area (Å²) in [6, 6.07) is 10.1. The molecule has 0 fully saturated rings. The molecule has 0 aromatic heterocycles. The van der Waals surface area contributed by atoms with E-state index in [0.717, 1.165) is 0 Å². The highest BCUT2D eigenvalue weighted by molar-refractivity contribution is 5.98. The Morgan fingerprint density at radius 3 is 2.15 bits per heavy atom. The maximum absolute atomic E-state index is 11.4. The molecule has 102 valence electrons. The van der Waals surface area contributed by atoms with Crippen LogP contribution in [0.15, 0.2) is 36.4 Å². The molecule has 2 rings (SSSR count). The molecule has 2 aromatic carbocycles. The van der Waals surface area contributed by atoms with Crippen LogP contribution in [0.25, 0.3) is 11.1 Å². The lowest BCUT2D eigenvalue weighted by atomic mass is 9.94. The molecule has 0 radical (unpaired) electrons. The van der Waals surface area contributed by atoms with E-state index in [4.69, 9.17) is 5.11 Å². The monoisotopic (exact) mass is 270 g/mol. The van der Waals surface area contributed by atoms with Crippen LogP contribution in [0.1, 0.15) is 31.8 Å².